The first-order valence-electron chi connectivity index (χ1n) is 13.9. The van der Waals surface area contributed by atoms with Crippen LogP contribution in [0.15, 0.2) is 0 Å². The Morgan fingerprint density at radius 1 is 0.500 bits per heavy atom. The predicted octanol–water partition coefficient (Wildman–Crippen LogP) is 9.60. The lowest BCUT2D eigenvalue weighted by Gasteiger charge is -2.60. The fraction of sp³-hybridized carbons (Fsp3) is 1.00. The molecule has 180 valence electrons. The molecule has 1 rings (SSSR count). The van der Waals surface area contributed by atoms with Gasteiger partial charge in [-0.05, 0) is 38.5 Å². The summed E-state index contributed by atoms with van der Waals surface area (Å²) < 4.78 is 14.3. The minimum atomic E-state index is -0.338. The second-order valence-corrected chi connectivity index (χ2v) is 10.2. The average molecular weight is 425 g/mol. The summed E-state index contributed by atoms with van der Waals surface area (Å²) >= 11 is 0. The molecule has 0 atom stereocenters. The molecule has 30 heavy (non-hydrogen) atoms. The van der Waals surface area contributed by atoms with Crippen LogP contribution in [0.3, 0.4) is 0 Å². The number of unbranched alkanes of at least 4 members (excludes halogenated alkanes) is 6. The number of ether oxygens (including phenoxy) is 2. The SMILES string of the molecule is CCCCC1(CCCC)OCC(CCCC)(CCCC)C(CCCC)(CCCC)O1. The monoisotopic (exact) mass is 424 g/mol. The van der Waals surface area contributed by atoms with E-state index in [1.807, 2.05) is 0 Å². The first-order chi connectivity index (χ1) is 14.5. The number of hydrogen-bond acceptors (Lipinski definition) is 2. The summed E-state index contributed by atoms with van der Waals surface area (Å²) in [5.74, 6) is -0.338. The maximum atomic E-state index is 7.46. The molecule has 0 aliphatic carbocycles. The highest BCUT2D eigenvalue weighted by Gasteiger charge is 2.58. The van der Waals surface area contributed by atoms with Crippen LogP contribution < -0.4 is 0 Å². The van der Waals surface area contributed by atoms with Gasteiger partial charge in [-0.15, -0.1) is 0 Å². The van der Waals surface area contributed by atoms with Crippen molar-refractivity contribution in [3.63, 3.8) is 0 Å². The third-order valence-electron chi connectivity index (χ3n) is 7.67. The van der Waals surface area contributed by atoms with Crippen LogP contribution in [0.2, 0.25) is 0 Å². The zero-order valence-corrected chi connectivity index (χ0v) is 21.8. The maximum absolute atomic E-state index is 7.46. The van der Waals surface area contributed by atoms with E-state index in [0.29, 0.717) is 0 Å². The molecule has 2 nitrogen and oxygen atoms in total. The van der Waals surface area contributed by atoms with Crippen molar-refractivity contribution in [2.45, 2.75) is 169 Å². The first kappa shape index (κ1) is 28.0. The molecular formula is C28H56O2. The van der Waals surface area contributed by atoms with Gasteiger partial charge in [0.25, 0.3) is 0 Å². The number of rotatable bonds is 18. The van der Waals surface area contributed by atoms with Crippen molar-refractivity contribution in [3.05, 3.63) is 0 Å². The highest BCUT2D eigenvalue weighted by molar-refractivity contribution is 5.04. The largest absolute Gasteiger partial charge is 0.349 e. The summed E-state index contributed by atoms with van der Waals surface area (Å²) in [6, 6.07) is 0. The van der Waals surface area contributed by atoms with Gasteiger partial charge in [0.05, 0.1) is 12.2 Å². The molecule has 1 saturated heterocycles. The van der Waals surface area contributed by atoms with Gasteiger partial charge in [0.15, 0.2) is 5.79 Å². The van der Waals surface area contributed by atoms with Gasteiger partial charge in [0.1, 0.15) is 0 Å². The van der Waals surface area contributed by atoms with E-state index < -0.39 is 0 Å². The van der Waals surface area contributed by atoms with Gasteiger partial charge in [0, 0.05) is 18.3 Å². The van der Waals surface area contributed by atoms with Crippen LogP contribution in [-0.2, 0) is 9.47 Å². The third-order valence-corrected chi connectivity index (χ3v) is 7.67. The standard InChI is InChI=1S/C28H56O2/c1-7-13-19-26(20-14-8-2)25-29-28(23-17-11-5,24-18-12-6)30-27(26,21-15-9-3)22-16-10-4/h7-25H2,1-6H3. The molecule has 0 saturated carbocycles. The Kier molecular flexibility index (Phi) is 13.9. The fourth-order valence-corrected chi connectivity index (χ4v) is 5.60. The van der Waals surface area contributed by atoms with Crippen molar-refractivity contribution < 1.29 is 9.47 Å². The van der Waals surface area contributed by atoms with E-state index in [2.05, 4.69) is 41.5 Å². The molecule has 1 aliphatic heterocycles. The quantitative estimate of drug-likeness (QED) is 0.218. The molecule has 0 aromatic rings. The Hall–Kier alpha value is -0.0800. The first-order valence-corrected chi connectivity index (χ1v) is 13.9. The normalized spacial score (nSPS) is 19.8. The Bertz CT molecular complexity index is 393. The van der Waals surface area contributed by atoms with Crippen LogP contribution in [0.5, 0.6) is 0 Å². The smallest absolute Gasteiger partial charge is 0.169 e. The zero-order chi connectivity index (χ0) is 22.3. The molecule has 1 heterocycles. The van der Waals surface area contributed by atoms with Crippen LogP contribution in [0, 0.1) is 5.41 Å². The molecule has 0 aromatic heterocycles. The van der Waals surface area contributed by atoms with E-state index in [0.717, 1.165) is 19.4 Å². The second kappa shape index (κ2) is 14.9. The van der Waals surface area contributed by atoms with Crippen LogP contribution in [-0.4, -0.2) is 18.0 Å². The maximum Gasteiger partial charge on any atom is 0.169 e. The molecule has 0 spiro atoms. The van der Waals surface area contributed by atoms with Crippen molar-refractivity contribution in [2.75, 3.05) is 6.61 Å². The Morgan fingerprint density at radius 3 is 1.27 bits per heavy atom. The van der Waals surface area contributed by atoms with Gasteiger partial charge in [-0.25, -0.2) is 0 Å². The molecule has 0 bridgehead atoms. The van der Waals surface area contributed by atoms with Crippen molar-refractivity contribution in [1.29, 1.82) is 0 Å². The van der Waals surface area contributed by atoms with Gasteiger partial charge in [-0.3, -0.25) is 0 Å². The lowest BCUT2D eigenvalue weighted by Crippen LogP contribution is -2.63. The summed E-state index contributed by atoms with van der Waals surface area (Å²) in [7, 11) is 0. The molecule has 0 amide bonds. The molecule has 1 aliphatic rings. The Balaban J connectivity index is 3.39. The number of hydrogen-bond donors (Lipinski definition) is 0. The van der Waals surface area contributed by atoms with Gasteiger partial charge < -0.3 is 9.47 Å². The topological polar surface area (TPSA) is 18.5 Å². The van der Waals surface area contributed by atoms with Crippen LogP contribution in [0.25, 0.3) is 0 Å². The van der Waals surface area contributed by atoms with Gasteiger partial charge in [-0.2, -0.15) is 0 Å². The summed E-state index contributed by atoms with van der Waals surface area (Å²) in [5, 5.41) is 0. The summed E-state index contributed by atoms with van der Waals surface area (Å²) in [5.41, 5.74) is 0.203. The molecule has 1 fully saturated rings. The third kappa shape index (κ3) is 7.51. The molecule has 0 radical (unpaired) electrons. The minimum Gasteiger partial charge on any atom is -0.349 e. The van der Waals surface area contributed by atoms with Crippen molar-refractivity contribution in [3.8, 4) is 0 Å². The van der Waals surface area contributed by atoms with Crippen molar-refractivity contribution in [1.82, 2.24) is 0 Å². The highest BCUT2D eigenvalue weighted by atomic mass is 16.7. The Morgan fingerprint density at radius 2 is 0.867 bits per heavy atom. The summed E-state index contributed by atoms with van der Waals surface area (Å²) in [4.78, 5) is 0. The molecule has 0 N–H and O–H groups in total. The lowest BCUT2D eigenvalue weighted by atomic mass is 9.61. The molecule has 2 heteroatoms. The van der Waals surface area contributed by atoms with E-state index >= 15 is 0 Å². The molecule has 0 unspecified atom stereocenters. The fourth-order valence-electron chi connectivity index (χ4n) is 5.60. The summed E-state index contributed by atoms with van der Waals surface area (Å²) in [6.07, 6.45) is 22.2. The van der Waals surface area contributed by atoms with E-state index in [9.17, 15) is 0 Å². The van der Waals surface area contributed by atoms with E-state index in [4.69, 9.17) is 9.47 Å². The highest BCUT2D eigenvalue weighted by Crippen LogP contribution is 2.56. The van der Waals surface area contributed by atoms with E-state index in [1.54, 1.807) is 0 Å². The average Bonchev–Trinajstić information content (AvgIpc) is 2.77. The zero-order valence-electron chi connectivity index (χ0n) is 21.8. The van der Waals surface area contributed by atoms with E-state index in [1.165, 1.54) is 103 Å². The van der Waals surface area contributed by atoms with Gasteiger partial charge in [-0.1, -0.05) is 106 Å². The van der Waals surface area contributed by atoms with Crippen LogP contribution >= 0.6 is 0 Å². The second-order valence-electron chi connectivity index (χ2n) is 10.2. The van der Waals surface area contributed by atoms with Crippen molar-refractivity contribution >= 4 is 0 Å². The molecular weight excluding hydrogens is 368 g/mol. The van der Waals surface area contributed by atoms with Gasteiger partial charge in [0.2, 0.25) is 0 Å². The Labute approximate surface area is 190 Å². The minimum absolute atomic E-state index is 0.00307. The van der Waals surface area contributed by atoms with Crippen molar-refractivity contribution in [2.24, 2.45) is 5.41 Å². The lowest BCUT2D eigenvalue weighted by molar-refractivity contribution is -0.384. The van der Waals surface area contributed by atoms with Crippen LogP contribution in [0.4, 0.5) is 0 Å². The molecule has 0 aromatic carbocycles. The predicted molar refractivity (Wildman–Crippen MR) is 132 cm³/mol. The summed E-state index contributed by atoms with van der Waals surface area (Å²) in [6.45, 7) is 14.9. The van der Waals surface area contributed by atoms with E-state index in [-0.39, 0.29) is 16.8 Å². The van der Waals surface area contributed by atoms with Crippen LogP contribution in [0.1, 0.15) is 157 Å². The van der Waals surface area contributed by atoms with Gasteiger partial charge >= 0.3 is 0 Å².